The Hall–Kier alpha value is -1.42. The Bertz CT molecular complexity index is 376. The van der Waals surface area contributed by atoms with Crippen LogP contribution in [0.1, 0.15) is 26.3 Å². The van der Waals surface area contributed by atoms with Crippen molar-refractivity contribution >= 4 is 23.1 Å². The summed E-state index contributed by atoms with van der Waals surface area (Å²) in [6.07, 6.45) is 3.13. The molecule has 0 atom stereocenters. The van der Waals surface area contributed by atoms with E-state index < -0.39 is 5.97 Å². The molecule has 0 saturated carbocycles. The molecule has 0 amide bonds. The third-order valence-corrected chi connectivity index (χ3v) is 2.63. The predicted octanol–water partition coefficient (Wildman–Crippen LogP) is 2.29. The fourth-order valence-corrected chi connectivity index (χ4v) is 1.76. The minimum Gasteiger partial charge on any atom is -0.465 e. The normalized spacial score (nSPS) is 10.4. The van der Waals surface area contributed by atoms with Crippen LogP contribution < -0.4 is 0 Å². The number of carbonyl (C=O) groups is 2. The molecule has 0 spiro atoms. The maximum atomic E-state index is 11.3. The van der Waals surface area contributed by atoms with E-state index in [9.17, 15) is 9.59 Å². The monoisotopic (exact) mass is 210 g/mol. The lowest BCUT2D eigenvalue weighted by atomic mass is 10.3. The van der Waals surface area contributed by atoms with Crippen LogP contribution in [0.25, 0.3) is 0 Å². The van der Waals surface area contributed by atoms with Gasteiger partial charge in [0.25, 0.3) is 0 Å². The van der Waals surface area contributed by atoms with Crippen LogP contribution in [0, 0.1) is 0 Å². The zero-order valence-corrected chi connectivity index (χ0v) is 8.76. The van der Waals surface area contributed by atoms with Crippen molar-refractivity contribution in [3.8, 4) is 0 Å². The summed E-state index contributed by atoms with van der Waals surface area (Å²) in [7, 11) is 1.31. The van der Waals surface area contributed by atoms with E-state index in [1.165, 1.54) is 13.2 Å². The number of thiophene rings is 1. The molecule has 1 aromatic rings. The first-order valence-electron chi connectivity index (χ1n) is 4.04. The molecular formula is C10H10O3S. The highest BCUT2D eigenvalue weighted by atomic mass is 32.1. The molecule has 0 aliphatic heterocycles. The van der Waals surface area contributed by atoms with E-state index in [0.717, 1.165) is 11.3 Å². The lowest BCUT2D eigenvalue weighted by Crippen LogP contribution is -1.96. The quantitative estimate of drug-likeness (QED) is 0.437. The molecule has 0 aliphatic rings. The van der Waals surface area contributed by atoms with Crippen molar-refractivity contribution in [1.29, 1.82) is 0 Å². The number of allylic oxidation sites excluding steroid dienone is 2. The summed E-state index contributed by atoms with van der Waals surface area (Å²) < 4.78 is 4.53. The van der Waals surface area contributed by atoms with Gasteiger partial charge in [-0.05, 0) is 25.1 Å². The second kappa shape index (κ2) is 4.72. The Balaban J connectivity index is 2.88. The van der Waals surface area contributed by atoms with E-state index in [4.69, 9.17) is 0 Å². The highest BCUT2D eigenvalue weighted by Crippen LogP contribution is 2.18. The smallest absolute Gasteiger partial charge is 0.348 e. The summed E-state index contributed by atoms with van der Waals surface area (Å²) in [5.74, 6) is -0.498. The number of carbonyl (C=O) groups excluding carboxylic acids is 2. The molecule has 1 rings (SSSR count). The van der Waals surface area contributed by atoms with Gasteiger partial charge >= 0.3 is 5.97 Å². The maximum Gasteiger partial charge on any atom is 0.348 e. The van der Waals surface area contributed by atoms with E-state index in [1.54, 1.807) is 25.1 Å². The van der Waals surface area contributed by atoms with Crippen LogP contribution in [-0.4, -0.2) is 18.9 Å². The molecule has 4 heteroatoms. The largest absolute Gasteiger partial charge is 0.465 e. The van der Waals surface area contributed by atoms with Gasteiger partial charge in [-0.1, -0.05) is 6.08 Å². The van der Waals surface area contributed by atoms with Crippen LogP contribution in [0.3, 0.4) is 0 Å². The third-order valence-electron chi connectivity index (χ3n) is 1.55. The van der Waals surface area contributed by atoms with Gasteiger partial charge in [0.2, 0.25) is 0 Å². The van der Waals surface area contributed by atoms with Gasteiger partial charge in [0, 0.05) is 0 Å². The first kappa shape index (κ1) is 10.7. The number of ether oxygens (including phenoxy) is 1. The van der Waals surface area contributed by atoms with Crippen LogP contribution in [0.15, 0.2) is 24.3 Å². The fourth-order valence-electron chi connectivity index (χ4n) is 0.914. The first-order valence-corrected chi connectivity index (χ1v) is 4.86. The van der Waals surface area contributed by atoms with Gasteiger partial charge in [-0.3, -0.25) is 4.79 Å². The third kappa shape index (κ3) is 2.29. The van der Waals surface area contributed by atoms with Gasteiger partial charge in [-0.2, -0.15) is 0 Å². The minimum atomic E-state index is -0.408. The summed E-state index contributed by atoms with van der Waals surface area (Å²) >= 11 is 1.14. The molecule has 0 radical (unpaired) electrons. The van der Waals surface area contributed by atoms with Gasteiger partial charge in [0.05, 0.1) is 12.0 Å². The predicted molar refractivity (Wildman–Crippen MR) is 54.8 cm³/mol. The molecule has 74 valence electrons. The molecular weight excluding hydrogens is 200 g/mol. The Morgan fingerprint density at radius 2 is 2.00 bits per heavy atom. The lowest BCUT2D eigenvalue weighted by molar-refractivity contribution is 0.0606. The van der Waals surface area contributed by atoms with Crippen LogP contribution in [0.2, 0.25) is 0 Å². The second-order valence-electron chi connectivity index (χ2n) is 2.52. The van der Waals surface area contributed by atoms with E-state index in [2.05, 4.69) is 4.74 Å². The number of methoxy groups -OCH3 is 1. The molecule has 0 bridgehead atoms. The molecule has 1 heterocycles. The lowest BCUT2D eigenvalue weighted by Gasteiger charge is -1.91. The van der Waals surface area contributed by atoms with E-state index in [1.807, 2.05) is 0 Å². The number of rotatable bonds is 3. The SMILES string of the molecule is C/C=C/C(=O)c1ccc(C(=O)OC)s1. The van der Waals surface area contributed by atoms with Crippen molar-refractivity contribution in [2.24, 2.45) is 0 Å². The molecule has 0 aliphatic carbocycles. The molecule has 0 saturated heterocycles. The first-order chi connectivity index (χ1) is 6.69. The maximum absolute atomic E-state index is 11.3. The fraction of sp³-hybridized carbons (Fsp3) is 0.200. The average molecular weight is 210 g/mol. The number of hydrogen-bond acceptors (Lipinski definition) is 4. The Labute approximate surface area is 86.0 Å². The van der Waals surface area contributed by atoms with Gasteiger partial charge in [0.15, 0.2) is 5.78 Å². The van der Waals surface area contributed by atoms with Crippen LogP contribution in [-0.2, 0) is 4.74 Å². The molecule has 1 aromatic heterocycles. The molecule has 0 aromatic carbocycles. The summed E-state index contributed by atoms with van der Waals surface area (Å²) in [5.41, 5.74) is 0. The Kier molecular flexibility index (Phi) is 3.59. The van der Waals surface area contributed by atoms with Gasteiger partial charge < -0.3 is 4.74 Å². The average Bonchev–Trinajstić information content (AvgIpc) is 2.66. The van der Waals surface area contributed by atoms with Gasteiger partial charge in [-0.15, -0.1) is 11.3 Å². The molecule has 3 nitrogen and oxygen atoms in total. The van der Waals surface area contributed by atoms with Crippen molar-refractivity contribution in [3.05, 3.63) is 34.0 Å². The minimum absolute atomic E-state index is 0.0901. The van der Waals surface area contributed by atoms with Crippen LogP contribution >= 0.6 is 11.3 Å². The van der Waals surface area contributed by atoms with E-state index >= 15 is 0 Å². The summed E-state index contributed by atoms with van der Waals surface area (Å²) in [6, 6.07) is 3.21. The summed E-state index contributed by atoms with van der Waals surface area (Å²) in [4.78, 5) is 23.4. The van der Waals surface area contributed by atoms with E-state index in [0.29, 0.717) is 9.75 Å². The standard InChI is InChI=1S/C10H10O3S/c1-3-4-7(11)8-5-6-9(14-8)10(12)13-2/h3-6H,1-2H3/b4-3+. The summed E-state index contributed by atoms with van der Waals surface area (Å²) in [6.45, 7) is 1.77. The zero-order valence-electron chi connectivity index (χ0n) is 7.94. The van der Waals surface area contributed by atoms with Crippen molar-refractivity contribution in [1.82, 2.24) is 0 Å². The van der Waals surface area contributed by atoms with Crippen LogP contribution in [0.4, 0.5) is 0 Å². The Morgan fingerprint density at radius 1 is 1.36 bits per heavy atom. The summed E-state index contributed by atoms with van der Waals surface area (Å²) in [5, 5.41) is 0. The Morgan fingerprint density at radius 3 is 2.57 bits per heavy atom. The van der Waals surface area contributed by atoms with Crippen LogP contribution in [0.5, 0.6) is 0 Å². The van der Waals surface area contributed by atoms with Gasteiger partial charge in [0.1, 0.15) is 4.88 Å². The van der Waals surface area contributed by atoms with Gasteiger partial charge in [-0.25, -0.2) is 4.79 Å². The highest BCUT2D eigenvalue weighted by Gasteiger charge is 2.11. The van der Waals surface area contributed by atoms with Crippen molar-refractivity contribution in [2.75, 3.05) is 7.11 Å². The van der Waals surface area contributed by atoms with E-state index in [-0.39, 0.29) is 5.78 Å². The number of hydrogen-bond donors (Lipinski definition) is 0. The topological polar surface area (TPSA) is 43.4 Å². The molecule has 14 heavy (non-hydrogen) atoms. The molecule has 0 N–H and O–H groups in total. The molecule has 0 fully saturated rings. The van der Waals surface area contributed by atoms with Crippen molar-refractivity contribution in [2.45, 2.75) is 6.92 Å². The highest BCUT2D eigenvalue weighted by molar-refractivity contribution is 7.16. The van der Waals surface area contributed by atoms with Crippen molar-refractivity contribution in [3.63, 3.8) is 0 Å². The number of ketones is 1. The zero-order chi connectivity index (χ0) is 10.6. The number of esters is 1. The van der Waals surface area contributed by atoms with Crippen molar-refractivity contribution < 1.29 is 14.3 Å². The molecule has 0 unspecified atom stereocenters. The second-order valence-corrected chi connectivity index (χ2v) is 3.60.